The molecule has 0 spiro atoms. The van der Waals surface area contributed by atoms with E-state index in [1.807, 2.05) is 48.3 Å². The molecule has 0 unspecified atom stereocenters. The first kappa shape index (κ1) is 17.5. The zero-order valence-corrected chi connectivity index (χ0v) is 16.4. The van der Waals surface area contributed by atoms with Crippen molar-refractivity contribution in [3.8, 4) is 11.5 Å². The van der Waals surface area contributed by atoms with E-state index in [9.17, 15) is 0 Å². The van der Waals surface area contributed by atoms with Crippen molar-refractivity contribution >= 4 is 28.5 Å². The zero-order valence-electron chi connectivity index (χ0n) is 14.8. The fraction of sp³-hybridized carbons (Fsp3) is 0.368. The van der Waals surface area contributed by atoms with E-state index in [4.69, 9.17) is 26.1 Å². The van der Waals surface area contributed by atoms with Crippen LogP contribution in [0.15, 0.2) is 41.5 Å². The number of benzene rings is 1. The van der Waals surface area contributed by atoms with Gasteiger partial charge in [0.25, 0.3) is 0 Å². The van der Waals surface area contributed by atoms with Gasteiger partial charge in [-0.25, -0.2) is 0 Å². The van der Waals surface area contributed by atoms with Crippen molar-refractivity contribution in [1.29, 1.82) is 0 Å². The Hall–Kier alpha value is -1.92. The number of aromatic nitrogens is 1. The molecule has 2 aliphatic heterocycles. The highest BCUT2D eigenvalue weighted by Gasteiger charge is 2.43. The molecule has 26 heavy (non-hydrogen) atoms. The van der Waals surface area contributed by atoms with Gasteiger partial charge in [-0.15, -0.1) is 0 Å². The van der Waals surface area contributed by atoms with Gasteiger partial charge >= 0.3 is 0 Å². The van der Waals surface area contributed by atoms with Crippen molar-refractivity contribution in [2.45, 2.75) is 24.3 Å². The lowest BCUT2D eigenvalue weighted by Gasteiger charge is -2.28. The molecule has 1 aromatic carbocycles. The molecule has 0 N–H and O–H groups in total. The van der Waals surface area contributed by atoms with Crippen molar-refractivity contribution in [3.63, 3.8) is 0 Å². The quantitative estimate of drug-likeness (QED) is 0.778. The van der Waals surface area contributed by atoms with Gasteiger partial charge in [-0.2, -0.15) is 0 Å². The summed E-state index contributed by atoms with van der Waals surface area (Å²) in [7, 11) is 3.22. The molecule has 0 bridgehead atoms. The monoisotopic (exact) mass is 389 g/mol. The molecule has 136 valence electrons. The van der Waals surface area contributed by atoms with Gasteiger partial charge in [0.15, 0.2) is 16.7 Å². The summed E-state index contributed by atoms with van der Waals surface area (Å²) in [6.07, 6.45) is 1.81. The first-order chi connectivity index (χ1) is 12.6. The molecule has 3 atom stereocenters. The van der Waals surface area contributed by atoms with Crippen LogP contribution in [0.5, 0.6) is 11.5 Å². The number of amidine groups is 1. The standard InChI is InChI=1S/C19H20ClN3O2S/c1-11-10-23-17(12-8-13(20)18(25-3)15(9-12)24-2)16(22-19(23)26-11)14-6-4-5-7-21-14/h4-9,11,16-17H,10H2,1-3H3/t11-,16+,17+/m0/s1. The number of ether oxygens (including phenoxy) is 2. The first-order valence-electron chi connectivity index (χ1n) is 8.45. The van der Waals surface area contributed by atoms with Crippen LogP contribution in [0.2, 0.25) is 5.02 Å². The molecule has 0 radical (unpaired) electrons. The normalized spacial score (nSPS) is 24.4. The predicted molar refractivity (Wildman–Crippen MR) is 105 cm³/mol. The third kappa shape index (κ3) is 2.91. The summed E-state index contributed by atoms with van der Waals surface area (Å²) in [5.74, 6) is 1.18. The average molecular weight is 390 g/mol. The molecule has 1 fully saturated rings. The van der Waals surface area contributed by atoms with E-state index >= 15 is 0 Å². The van der Waals surface area contributed by atoms with Crippen molar-refractivity contribution in [2.24, 2.45) is 4.99 Å². The van der Waals surface area contributed by atoms with E-state index in [1.54, 1.807) is 14.2 Å². The van der Waals surface area contributed by atoms with Gasteiger partial charge in [-0.1, -0.05) is 36.4 Å². The van der Waals surface area contributed by atoms with E-state index in [-0.39, 0.29) is 12.1 Å². The van der Waals surface area contributed by atoms with E-state index in [0.29, 0.717) is 21.8 Å². The molecule has 2 aromatic rings. The Morgan fingerprint density at radius 2 is 2.08 bits per heavy atom. The highest BCUT2D eigenvalue weighted by molar-refractivity contribution is 8.14. The van der Waals surface area contributed by atoms with E-state index in [0.717, 1.165) is 23.0 Å². The Balaban J connectivity index is 1.81. The number of thioether (sulfide) groups is 1. The summed E-state index contributed by atoms with van der Waals surface area (Å²) in [4.78, 5) is 11.9. The maximum Gasteiger partial charge on any atom is 0.179 e. The van der Waals surface area contributed by atoms with Crippen molar-refractivity contribution in [3.05, 3.63) is 52.8 Å². The molecule has 1 aromatic heterocycles. The number of aliphatic imine (C=N–C) groups is 1. The van der Waals surface area contributed by atoms with Crippen LogP contribution in [0, 0.1) is 0 Å². The van der Waals surface area contributed by atoms with Gasteiger partial charge in [0.05, 0.1) is 31.0 Å². The molecule has 7 heteroatoms. The van der Waals surface area contributed by atoms with Gasteiger partial charge in [-0.3, -0.25) is 9.98 Å². The minimum Gasteiger partial charge on any atom is -0.493 e. The topological polar surface area (TPSA) is 47.0 Å². The first-order valence-corrected chi connectivity index (χ1v) is 9.71. The third-order valence-corrected chi connectivity index (χ3v) is 6.06. The largest absolute Gasteiger partial charge is 0.493 e. The second-order valence-electron chi connectivity index (χ2n) is 6.38. The second-order valence-corrected chi connectivity index (χ2v) is 8.19. The van der Waals surface area contributed by atoms with Crippen molar-refractivity contribution < 1.29 is 9.47 Å². The van der Waals surface area contributed by atoms with Crippen LogP contribution in [0.25, 0.3) is 0 Å². The minimum absolute atomic E-state index is 0.0367. The van der Waals surface area contributed by atoms with Crippen LogP contribution in [0.3, 0.4) is 0 Å². The maximum atomic E-state index is 6.48. The van der Waals surface area contributed by atoms with Gasteiger partial charge in [0, 0.05) is 18.0 Å². The molecule has 0 aliphatic carbocycles. The van der Waals surface area contributed by atoms with E-state index < -0.39 is 0 Å². The van der Waals surface area contributed by atoms with Crippen LogP contribution < -0.4 is 9.47 Å². The van der Waals surface area contributed by atoms with Crippen molar-refractivity contribution in [1.82, 2.24) is 9.88 Å². The average Bonchev–Trinajstić information content (AvgIpc) is 3.17. The summed E-state index contributed by atoms with van der Waals surface area (Å²) in [5.41, 5.74) is 2.01. The SMILES string of the molecule is COc1cc([C@@H]2[C@@H](c3ccccn3)N=C3S[C@@H](C)CN32)cc(Cl)c1OC. The number of pyridine rings is 1. The van der Waals surface area contributed by atoms with Crippen LogP contribution in [0.4, 0.5) is 0 Å². The maximum absolute atomic E-state index is 6.48. The molecular weight excluding hydrogens is 370 g/mol. The molecule has 2 aliphatic rings. The number of fused-ring (bicyclic) bond motifs is 1. The fourth-order valence-corrected chi connectivity index (χ4v) is 4.98. The lowest BCUT2D eigenvalue weighted by molar-refractivity contribution is 0.317. The van der Waals surface area contributed by atoms with E-state index in [2.05, 4.69) is 16.8 Å². The van der Waals surface area contributed by atoms with Crippen LogP contribution in [0.1, 0.15) is 30.3 Å². The third-order valence-electron chi connectivity index (χ3n) is 4.68. The zero-order chi connectivity index (χ0) is 18.3. The van der Waals surface area contributed by atoms with Gasteiger partial charge in [0.1, 0.15) is 6.04 Å². The molecule has 0 amide bonds. The second kappa shape index (κ2) is 7.00. The Bertz CT molecular complexity index is 846. The Morgan fingerprint density at radius 1 is 1.23 bits per heavy atom. The highest BCUT2D eigenvalue weighted by atomic mass is 35.5. The highest BCUT2D eigenvalue weighted by Crippen LogP contribution is 2.49. The molecule has 0 saturated carbocycles. The van der Waals surface area contributed by atoms with Crippen LogP contribution in [-0.4, -0.2) is 41.1 Å². The Kier molecular flexibility index (Phi) is 4.71. The van der Waals surface area contributed by atoms with Gasteiger partial charge < -0.3 is 14.4 Å². The minimum atomic E-state index is -0.0691. The number of halogens is 1. The predicted octanol–water partition coefficient (Wildman–Crippen LogP) is 4.34. The Morgan fingerprint density at radius 3 is 2.77 bits per heavy atom. The van der Waals surface area contributed by atoms with Crippen molar-refractivity contribution in [2.75, 3.05) is 20.8 Å². The number of hydrogen-bond acceptors (Lipinski definition) is 6. The number of rotatable bonds is 4. The molecule has 3 heterocycles. The van der Waals surface area contributed by atoms with Gasteiger partial charge in [0.2, 0.25) is 0 Å². The van der Waals surface area contributed by atoms with Gasteiger partial charge in [-0.05, 0) is 29.8 Å². The number of nitrogens with zero attached hydrogens (tertiary/aromatic N) is 3. The molecule has 4 rings (SSSR count). The molecule has 5 nitrogen and oxygen atoms in total. The summed E-state index contributed by atoms with van der Waals surface area (Å²) in [6, 6.07) is 9.87. The summed E-state index contributed by atoms with van der Waals surface area (Å²) in [6.45, 7) is 3.17. The lowest BCUT2D eigenvalue weighted by atomic mass is 9.96. The van der Waals surface area contributed by atoms with E-state index in [1.165, 1.54) is 0 Å². The summed E-state index contributed by atoms with van der Waals surface area (Å²) < 4.78 is 10.9. The number of methoxy groups -OCH3 is 2. The molecular formula is C19H20ClN3O2S. The van der Waals surface area contributed by atoms with Crippen LogP contribution >= 0.6 is 23.4 Å². The molecule has 1 saturated heterocycles. The summed E-state index contributed by atoms with van der Waals surface area (Å²) >= 11 is 8.29. The number of hydrogen-bond donors (Lipinski definition) is 0. The smallest absolute Gasteiger partial charge is 0.179 e. The Labute approximate surface area is 162 Å². The lowest BCUT2D eigenvalue weighted by Crippen LogP contribution is -2.28. The summed E-state index contributed by atoms with van der Waals surface area (Å²) in [5, 5.41) is 2.12. The fourth-order valence-electron chi connectivity index (χ4n) is 3.59. The van der Waals surface area contributed by atoms with Crippen LogP contribution in [-0.2, 0) is 0 Å².